The summed E-state index contributed by atoms with van der Waals surface area (Å²) in [5.41, 5.74) is 2.32. The molecule has 1 fully saturated rings. The van der Waals surface area contributed by atoms with E-state index in [1.165, 1.54) is 7.11 Å². The molecular formula is C22H28BrN5O3S. The maximum Gasteiger partial charge on any atom is 0.360 e. The zero-order valence-electron chi connectivity index (χ0n) is 18.7. The quantitative estimate of drug-likeness (QED) is 0.615. The van der Waals surface area contributed by atoms with Crippen molar-refractivity contribution in [3.05, 3.63) is 46.1 Å². The molecule has 8 nitrogen and oxygen atoms in total. The van der Waals surface area contributed by atoms with Crippen molar-refractivity contribution in [2.75, 3.05) is 25.1 Å². The van der Waals surface area contributed by atoms with Gasteiger partial charge in [-0.05, 0) is 73.0 Å². The van der Waals surface area contributed by atoms with E-state index in [1.54, 1.807) is 6.20 Å². The van der Waals surface area contributed by atoms with Gasteiger partial charge in [0.1, 0.15) is 4.60 Å². The molecule has 0 radical (unpaired) electrons. The van der Waals surface area contributed by atoms with E-state index in [9.17, 15) is 9.00 Å². The fourth-order valence-electron chi connectivity index (χ4n) is 4.55. The van der Waals surface area contributed by atoms with Crippen LogP contribution in [-0.4, -0.2) is 50.1 Å². The van der Waals surface area contributed by atoms with Gasteiger partial charge in [-0.1, -0.05) is 6.07 Å². The predicted octanol–water partition coefficient (Wildman–Crippen LogP) is 3.36. The molecule has 0 amide bonds. The van der Waals surface area contributed by atoms with Crippen molar-refractivity contribution >= 4 is 38.7 Å². The monoisotopic (exact) mass is 521 g/mol. The van der Waals surface area contributed by atoms with Crippen LogP contribution in [0.1, 0.15) is 61.4 Å². The van der Waals surface area contributed by atoms with Gasteiger partial charge >= 0.3 is 5.97 Å². The minimum Gasteiger partial charge on any atom is -0.464 e. The van der Waals surface area contributed by atoms with Crippen LogP contribution in [0.4, 0.5) is 5.82 Å². The zero-order chi connectivity index (χ0) is 23.1. The molecule has 32 heavy (non-hydrogen) atoms. The van der Waals surface area contributed by atoms with Crippen molar-refractivity contribution in [2.45, 2.75) is 50.8 Å². The van der Waals surface area contributed by atoms with Crippen LogP contribution >= 0.6 is 15.9 Å². The summed E-state index contributed by atoms with van der Waals surface area (Å²) >= 11 is 3.29. The summed E-state index contributed by atoms with van der Waals surface area (Å²) in [6, 6.07) is 4.00. The maximum absolute atomic E-state index is 13.0. The van der Waals surface area contributed by atoms with E-state index in [0.717, 1.165) is 30.5 Å². The number of hydrogen-bond donors (Lipinski definition) is 1. The number of rotatable bonds is 4. The molecule has 10 heteroatoms. The highest BCUT2D eigenvalue weighted by molar-refractivity contribution is 9.10. The number of methoxy groups -OCH3 is 1. The largest absolute Gasteiger partial charge is 0.464 e. The van der Waals surface area contributed by atoms with E-state index in [2.05, 4.69) is 46.6 Å². The maximum atomic E-state index is 13.0. The fraction of sp³-hybridized carbons (Fsp3) is 0.545. The number of aromatic nitrogens is 3. The van der Waals surface area contributed by atoms with E-state index >= 15 is 0 Å². The van der Waals surface area contributed by atoms with Gasteiger partial charge in [0.05, 0.1) is 35.1 Å². The number of pyridine rings is 1. The van der Waals surface area contributed by atoms with E-state index < -0.39 is 17.0 Å². The third-order valence-corrected chi connectivity index (χ3v) is 8.25. The summed E-state index contributed by atoms with van der Waals surface area (Å²) in [6.45, 7) is 7.34. The fourth-order valence-corrected chi connectivity index (χ4v) is 5.78. The standard InChI is InChI=1S/C22H28BrN5O3S/c1-21(2,3)32(30)27-18-14-6-5-9-24-15(14)12-22(18)7-10-28(11-8-22)19-17(20(29)31-4)26-16(23)13-25-19/h5-6,9,13,18,27H,7-8,10-12H2,1-4H3/t18-,32+/m1/s1. The molecule has 0 saturated carbocycles. The van der Waals surface area contributed by atoms with Crippen LogP contribution in [0.2, 0.25) is 0 Å². The molecule has 1 N–H and O–H groups in total. The molecule has 172 valence electrons. The summed E-state index contributed by atoms with van der Waals surface area (Å²) < 4.78 is 21.5. The second-order valence-electron chi connectivity index (χ2n) is 9.35. The van der Waals surface area contributed by atoms with Gasteiger partial charge in [0, 0.05) is 25.0 Å². The van der Waals surface area contributed by atoms with E-state index in [0.29, 0.717) is 23.5 Å². The van der Waals surface area contributed by atoms with Crippen molar-refractivity contribution < 1.29 is 13.7 Å². The molecule has 0 unspecified atom stereocenters. The Morgan fingerprint density at radius 2 is 2.03 bits per heavy atom. The summed E-state index contributed by atoms with van der Waals surface area (Å²) in [7, 11) is 0.141. The average molecular weight is 522 g/mol. The number of hydrogen-bond acceptors (Lipinski definition) is 7. The molecule has 0 bridgehead atoms. The molecule has 2 aliphatic rings. The second kappa shape index (κ2) is 8.79. The number of fused-ring (bicyclic) bond motifs is 1. The summed E-state index contributed by atoms with van der Waals surface area (Å²) in [4.78, 5) is 27.7. The molecule has 3 heterocycles. The number of carbonyl (C=O) groups is 1. The van der Waals surface area contributed by atoms with Gasteiger partial charge in [-0.2, -0.15) is 0 Å². The van der Waals surface area contributed by atoms with Crippen molar-refractivity contribution in [1.29, 1.82) is 0 Å². The average Bonchev–Trinajstić information content (AvgIpc) is 3.06. The van der Waals surface area contributed by atoms with Crippen LogP contribution < -0.4 is 9.62 Å². The van der Waals surface area contributed by atoms with Gasteiger partial charge in [-0.15, -0.1) is 0 Å². The molecule has 1 aliphatic heterocycles. The van der Waals surface area contributed by atoms with Crippen molar-refractivity contribution in [3.8, 4) is 0 Å². The van der Waals surface area contributed by atoms with Crippen LogP contribution in [0.3, 0.4) is 0 Å². The van der Waals surface area contributed by atoms with Gasteiger partial charge in [0.15, 0.2) is 11.5 Å². The topological polar surface area (TPSA) is 97.3 Å². The van der Waals surface area contributed by atoms with Gasteiger partial charge < -0.3 is 9.64 Å². The van der Waals surface area contributed by atoms with Crippen LogP contribution in [0, 0.1) is 5.41 Å². The highest BCUT2D eigenvalue weighted by atomic mass is 79.9. The lowest BCUT2D eigenvalue weighted by Crippen LogP contribution is -2.48. The Morgan fingerprint density at radius 3 is 2.69 bits per heavy atom. The van der Waals surface area contributed by atoms with Crippen LogP contribution in [-0.2, 0) is 22.1 Å². The Balaban J connectivity index is 1.60. The number of carbonyl (C=O) groups excluding carboxylic acids is 1. The zero-order valence-corrected chi connectivity index (χ0v) is 21.1. The summed E-state index contributed by atoms with van der Waals surface area (Å²) in [6.07, 6.45) is 5.95. The highest BCUT2D eigenvalue weighted by Crippen LogP contribution is 2.52. The number of nitrogens with zero attached hydrogens (tertiary/aromatic N) is 4. The molecule has 2 atom stereocenters. The Bertz CT molecular complexity index is 1050. The molecule has 4 rings (SSSR count). The molecule has 1 saturated heterocycles. The van der Waals surface area contributed by atoms with Gasteiger partial charge in [-0.3, -0.25) is 4.98 Å². The number of piperidine rings is 1. The molecule has 1 aliphatic carbocycles. The van der Waals surface area contributed by atoms with Crippen LogP contribution in [0.5, 0.6) is 0 Å². The van der Waals surface area contributed by atoms with Crippen LogP contribution in [0.15, 0.2) is 29.1 Å². The molecule has 0 aromatic carbocycles. The number of anilines is 1. The van der Waals surface area contributed by atoms with E-state index in [-0.39, 0.29) is 21.9 Å². The Kier molecular flexibility index (Phi) is 6.39. The Hall–Kier alpha value is -1.91. The molecule has 2 aromatic heterocycles. The normalized spacial score (nSPS) is 20.8. The lowest BCUT2D eigenvalue weighted by Gasteiger charge is -2.44. The first kappa shape index (κ1) is 23.3. The predicted molar refractivity (Wildman–Crippen MR) is 127 cm³/mol. The number of nitrogens with one attached hydrogen (secondary N) is 1. The van der Waals surface area contributed by atoms with Crippen molar-refractivity contribution in [2.24, 2.45) is 5.41 Å². The smallest absolute Gasteiger partial charge is 0.360 e. The minimum atomic E-state index is -1.20. The first-order chi connectivity index (χ1) is 15.1. The third kappa shape index (κ3) is 4.32. The van der Waals surface area contributed by atoms with Crippen molar-refractivity contribution in [3.63, 3.8) is 0 Å². The number of halogens is 1. The lowest BCUT2D eigenvalue weighted by molar-refractivity contribution is 0.0593. The van der Waals surface area contributed by atoms with Gasteiger partial charge in [0.25, 0.3) is 0 Å². The number of ether oxygens (including phenoxy) is 1. The van der Waals surface area contributed by atoms with E-state index in [4.69, 9.17) is 4.74 Å². The minimum absolute atomic E-state index is 0.0375. The molecule has 1 spiro atoms. The Labute approximate surface area is 199 Å². The van der Waals surface area contributed by atoms with Gasteiger partial charge in [0.2, 0.25) is 0 Å². The number of esters is 1. The molecule has 2 aromatic rings. The SMILES string of the molecule is COC(=O)c1nc(Br)cnc1N1CCC2(CC1)Cc1ncccc1[C@H]2N[S@@](=O)C(C)(C)C. The first-order valence-corrected chi connectivity index (χ1v) is 12.6. The summed E-state index contributed by atoms with van der Waals surface area (Å²) in [5.74, 6) is 0.0259. The van der Waals surface area contributed by atoms with Crippen LogP contribution in [0.25, 0.3) is 0 Å². The second-order valence-corrected chi connectivity index (χ2v) is 12.2. The molecular weight excluding hydrogens is 494 g/mol. The van der Waals surface area contributed by atoms with Crippen molar-refractivity contribution in [1.82, 2.24) is 19.7 Å². The summed E-state index contributed by atoms with van der Waals surface area (Å²) in [5, 5.41) is 0. The van der Waals surface area contributed by atoms with Gasteiger partial charge in [-0.25, -0.2) is 23.7 Å². The Morgan fingerprint density at radius 1 is 1.31 bits per heavy atom. The first-order valence-electron chi connectivity index (χ1n) is 10.6. The highest BCUT2D eigenvalue weighted by Gasteiger charge is 2.49. The third-order valence-electron chi connectivity index (χ3n) is 6.31. The van der Waals surface area contributed by atoms with E-state index in [1.807, 2.05) is 33.0 Å². The lowest BCUT2D eigenvalue weighted by atomic mass is 9.73.